The number of halogens is 1. The molecule has 1 saturated carbocycles. The Hall–Kier alpha value is -1.49. The summed E-state index contributed by atoms with van der Waals surface area (Å²) < 4.78 is 0.806. The maximum Gasteiger partial charge on any atom is 0.270 e. The first-order valence-electron chi connectivity index (χ1n) is 6.45. The first-order valence-corrected chi connectivity index (χ1v) is 7.24. The zero-order valence-electron chi connectivity index (χ0n) is 10.4. The van der Waals surface area contributed by atoms with Crippen LogP contribution in [0, 0.1) is 0 Å². The fourth-order valence-corrected chi connectivity index (χ4v) is 2.90. The summed E-state index contributed by atoms with van der Waals surface area (Å²) in [6, 6.07) is 3.94. The topological polar surface area (TPSA) is 54.9 Å². The van der Waals surface area contributed by atoms with Crippen molar-refractivity contribution in [3.63, 3.8) is 0 Å². The number of hydrogen-bond donors (Lipinski definition) is 1. The standard InChI is InChI=1S/C14H14BrN3O/c15-11-8-16-7-9-5-6-12(18-13(9)11)14(19)17-10-3-1-2-4-10/h5-8,10H,1-4H2,(H,17,19). The monoisotopic (exact) mass is 319 g/mol. The lowest BCUT2D eigenvalue weighted by molar-refractivity contribution is 0.0933. The highest BCUT2D eigenvalue weighted by molar-refractivity contribution is 9.10. The largest absolute Gasteiger partial charge is 0.348 e. The Morgan fingerprint density at radius 3 is 2.84 bits per heavy atom. The van der Waals surface area contributed by atoms with Crippen molar-refractivity contribution in [2.24, 2.45) is 0 Å². The number of pyridine rings is 2. The molecule has 1 amide bonds. The van der Waals surface area contributed by atoms with Crippen molar-refractivity contribution in [2.45, 2.75) is 31.7 Å². The molecule has 1 N–H and O–H groups in total. The predicted octanol–water partition coefficient (Wildman–Crippen LogP) is 3.06. The third-order valence-electron chi connectivity index (χ3n) is 3.48. The van der Waals surface area contributed by atoms with Crippen molar-refractivity contribution in [3.05, 3.63) is 34.7 Å². The number of carbonyl (C=O) groups excluding carboxylic acids is 1. The molecule has 1 aliphatic carbocycles. The van der Waals surface area contributed by atoms with E-state index in [0.29, 0.717) is 11.7 Å². The number of carbonyl (C=O) groups is 1. The van der Waals surface area contributed by atoms with Crippen molar-refractivity contribution in [3.8, 4) is 0 Å². The van der Waals surface area contributed by atoms with Gasteiger partial charge in [-0.25, -0.2) is 4.98 Å². The molecule has 98 valence electrons. The van der Waals surface area contributed by atoms with Gasteiger partial charge in [-0.3, -0.25) is 9.78 Å². The molecule has 2 aromatic rings. The first-order chi connectivity index (χ1) is 9.24. The van der Waals surface area contributed by atoms with Gasteiger partial charge in [0, 0.05) is 23.8 Å². The Morgan fingerprint density at radius 1 is 1.26 bits per heavy atom. The molecule has 0 bridgehead atoms. The number of aromatic nitrogens is 2. The van der Waals surface area contributed by atoms with Gasteiger partial charge in [0.05, 0.1) is 9.99 Å². The lowest BCUT2D eigenvalue weighted by Gasteiger charge is -2.11. The number of nitrogens with one attached hydrogen (secondary N) is 1. The van der Waals surface area contributed by atoms with Crippen LogP contribution in [0.15, 0.2) is 29.0 Å². The van der Waals surface area contributed by atoms with E-state index in [-0.39, 0.29) is 5.91 Å². The molecule has 0 unspecified atom stereocenters. The molecule has 19 heavy (non-hydrogen) atoms. The smallest absolute Gasteiger partial charge is 0.270 e. The molecule has 2 aromatic heterocycles. The van der Waals surface area contributed by atoms with Gasteiger partial charge in [0.25, 0.3) is 5.91 Å². The van der Waals surface area contributed by atoms with Crippen LogP contribution in [0.2, 0.25) is 0 Å². The summed E-state index contributed by atoms with van der Waals surface area (Å²) in [4.78, 5) is 20.7. The van der Waals surface area contributed by atoms with Gasteiger partial charge in [-0.15, -0.1) is 0 Å². The molecule has 1 aliphatic rings. The Morgan fingerprint density at radius 2 is 2.05 bits per heavy atom. The molecule has 0 saturated heterocycles. The minimum absolute atomic E-state index is 0.0856. The Bertz CT molecular complexity index is 623. The van der Waals surface area contributed by atoms with E-state index in [0.717, 1.165) is 28.2 Å². The van der Waals surface area contributed by atoms with Gasteiger partial charge in [0.2, 0.25) is 0 Å². The summed E-state index contributed by atoms with van der Waals surface area (Å²) in [6.45, 7) is 0. The van der Waals surface area contributed by atoms with Gasteiger partial charge in [-0.05, 0) is 40.9 Å². The quantitative estimate of drug-likeness (QED) is 0.925. The maximum absolute atomic E-state index is 12.2. The molecule has 1 fully saturated rings. The fourth-order valence-electron chi connectivity index (χ4n) is 2.47. The Balaban J connectivity index is 1.87. The molecular formula is C14H14BrN3O. The van der Waals surface area contributed by atoms with Gasteiger partial charge in [-0.2, -0.15) is 0 Å². The molecule has 3 rings (SSSR count). The highest BCUT2D eigenvalue weighted by Crippen LogP contribution is 2.21. The molecular weight excluding hydrogens is 306 g/mol. The van der Waals surface area contributed by atoms with E-state index in [1.54, 1.807) is 18.5 Å². The zero-order valence-corrected chi connectivity index (χ0v) is 12.0. The molecule has 2 heterocycles. The number of rotatable bonds is 2. The summed E-state index contributed by atoms with van der Waals surface area (Å²) in [7, 11) is 0. The fraction of sp³-hybridized carbons (Fsp3) is 0.357. The third-order valence-corrected chi connectivity index (χ3v) is 4.06. The van der Waals surface area contributed by atoms with Crippen LogP contribution < -0.4 is 5.32 Å². The van der Waals surface area contributed by atoms with E-state index < -0.39 is 0 Å². The van der Waals surface area contributed by atoms with Crippen LogP contribution in [0.4, 0.5) is 0 Å². The van der Waals surface area contributed by atoms with Crippen LogP contribution in [0.25, 0.3) is 10.9 Å². The summed E-state index contributed by atoms with van der Waals surface area (Å²) >= 11 is 3.41. The molecule has 0 spiro atoms. The van der Waals surface area contributed by atoms with Crippen molar-refractivity contribution in [1.29, 1.82) is 0 Å². The summed E-state index contributed by atoms with van der Waals surface area (Å²) in [5.41, 5.74) is 1.24. The lowest BCUT2D eigenvalue weighted by Crippen LogP contribution is -2.33. The van der Waals surface area contributed by atoms with Gasteiger partial charge >= 0.3 is 0 Å². The summed E-state index contributed by atoms with van der Waals surface area (Å²) in [6.07, 6.45) is 7.99. The average molecular weight is 320 g/mol. The van der Waals surface area contributed by atoms with Crippen molar-refractivity contribution < 1.29 is 4.79 Å². The van der Waals surface area contributed by atoms with Crippen LogP contribution in [-0.4, -0.2) is 21.9 Å². The van der Waals surface area contributed by atoms with E-state index >= 15 is 0 Å². The molecule has 0 radical (unpaired) electrons. The predicted molar refractivity (Wildman–Crippen MR) is 77.0 cm³/mol. The molecule has 0 aliphatic heterocycles. The van der Waals surface area contributed by atoms with E-state index in [4.69, 9.17) is 0 Å². The van der Waals surface area contributed by atoms with E-state index in [1.807, 2.05) is 6.07 Å². The van der Waals surface area contributed by atoms with E-state index in [9.17, 15) is 4.79 Å². The SMILES string of the molecule is O=C(NC1CCCC1)c1ccc2cncc(Br)c2n1. The summed E-state index contributed by atoms with van der Waals surface area (Å²) in [5, 5.41) is 3.97. The van der Waals surface area contributed by atoms with Crippen molar-refractivity contribution in [1.82, 2.24) is 15.3 Å². The number of amides is 1. The highest BCUT2D eigenvalue weighted by atomic mass is 79.9. The maximum atomic E-state index is 12.2. The number of fused-ring (bicyclic) bond motifs is 1. The summed E-state index contributed by atoms with van der Waals surface area (Å²) in [5.74, 6) is -0.0856. The minimum Gasteiger partial charge on any atom is -0.348 e. The second-order valence-electron chi connectivity index (χ2n) is 4.84. The normalized spacial score (nSPS) is 15.8. The van der Waals surface area contributed by atoms with Crippen molar-refractivity contribution >= 4 is 32.7 Å². The van der Waals surface area contributed by atoms with Crippen LogP contribution in [0.1, 0.15) is 36.2 Å². The number of hydrogen-bond acceptors (Lipinski definition) is 3. The van der Waals surface area contributed by atoms with Crippen LogP contribution >= 0.6 is 15.9 Å². The third kappa shape index (κ3) is 2.61. The van der Waals surface area contributed by atoms with Crippen LogP contribution in [-0.2, 0) is 0 Å². The highest BCUT2D eigenvalue weighted by Gasteiger charge is 2.18. The second kappa shape index (κ2) is 5.25. The van der Waals surface area contributed by atoms with Crippen molar-refractivity contribution in [2.75, 3.05) is 0 Å². The van der Waals surface area contributed by atoms with Crippen LogP contribution in [0.5, 0.6) is 0 Å². The molecule has 0 atom stereocenters. The lowest BCUT2D eigenvalue weighted by atomic mass is 10.2. The van der Waals surface area contributed by atoms with Gasteiger partial charge in [0.1, 0.15) is 5.69 Å². The number of nitrogens with zero attached hydrogens (tertiary/aromatic N) is 2. The van der Waals surface area contributed by atoms with Gasteiger partial charge in [-0.1, -0.05) is 12.8 Å². The van der Waals surface area contributed by atoms with E-state index in [2.05, 4.69) is 31.2 Å². The Labute approximate surface area is 119 Å². The first kappa shape index (κ1) is 12.5. The van der Waals surface area contributed by atoms with Crippen LogP contribution in [0.3, 0.4) is 0 Å². The molecule has 4 nitrogen and oxygen atoms in total. The second-order valence-corrected chi connectivity index (χ2v) is 5.70. The zero-order chi connectivity index (χ0) is 13.2. The van der Waals surface area contributed by atoms with E-state index in [1.165, 1.54) is 12.8 Å². The molecule has 0 aromatic carbocycles. The van der Waals surface area contributed by atoms with Gasteiger partial charge in [0.15, 0.2) is 0 Å². The minimum atomic E-state index is -0.0856. The molecule has 5 heteroatoms. The Kier molecular flexibility index (Phi) is 3.46. The van der Waals surface area contributed by atoms with Gasteiger partial charge < -0.3 is 5.32 Å². The average Bonchev–Trinajstić information content (AvgIpc) is 2.92.